The Labute approximate surface area is 114 Å². The molecule has 3 rings (SSSR count). The van der Waals surface area contributed by atoms with Gasteiger partial charge in [-0.15, -0.1) is 0 Å². The van der Waals surface area contributed by atoms with E-state index in [9.17, 15) is 14.4 Å². The van der Waals surface area contributed by atoms with E-state index in [2.05, 4.69) is 0 Å². The van der Waals surface area contributed by atoms with Crippen molar-refractivity contribution < 1.29 is 19.1 Å². The molecule has 2 aromatic rings. The van der Waals surface area contributed by atoms with Gasteiger partial charge in [0.15, 0.2) is 5.76 Å². The number of hydrogen-bond acceptors (Lipinski definition) is 4. The smallest absolute Gasteiger partial charge is 0.308 e. The van der Waals surface area contributed by atoms with Crippen molar-refractivity contribution in [3.63, 3.8) is 0 Å². The number of hydrogen-bond donors (Lipinski definition) is 0. The topological polar surface area (TPSA) is 60.4 Å². The summed E-state index contributed by atoms with van der Waals surface area (Å²) in [4.78, 5) is 34.9. The summed E-state index contributed by atoms with van der Waals surface area (Å²) >= 11 is 0. The molecule has 0 saturated carbocycles. The van der Waals surface area contributed by atoms with Gasteiger partial charge >= 0.3 is 5.97 Å². The predicted molar refractivity (Wildman–Crippen MR) is 73.0 cm³/mol. The second kappa shape index (κ2) is 4.42. The molecule has 0 spiro atoms. The molecule has 20 heavy (non-hydrogen) atoms. The highest BCUT2D eigenvalue weighted by Gasteiger charge is 2.30. The second-order valence-corrected chi connectivity index (χ2v) is 4.55. The highest BCUT2D eigenvalue weighted by molar-refractivity contribution is 6.51. The summed E-state index contributed by atoms with van der Waals surface area (Å²) in [6, 6.07) is 11.0. The van der Waals surface area contributed by atoms with E-state index in [-0.39, 0.29) is 5.76 Å². The van der Waals surface area contributed by atoms with Gasteiger partial charge in [-0.25, -0.2) is 0 Å². The van der Waals surface area contributed by atoms with Gasteiger partial charge in [-0.2, -0.15) is 0 Å². The van der Waals surface area contributed by atoms with Crippen molar-refractivity contribution >= 4 is 34.4 Å². The van der Waals surface area contributed by atoms with Gasteiger partial charge in [-0.1, -0.05) is 24.3 Å². The van der Waals surface area contributed by atoms with Gasteiger partial charge in [0.1, 0.15) is 0 Å². The number of allylic oxidation sites excluding steroid dienone is 1. The molecule has 0 aliphatic heterocycles. The fourth-order valence-corrected chi connectivity index (χ4v) is 2.25. The summed E-state index contributed by atoms with van der Waals surface area (Å²) < 4.78 is 4.79. The molecule has 4 heteroatoms. The maximum atomic E-state index is 12.1. The van der Waals surface area contributed by atoms with Crippen molar-refractivity contribution in [2.75, 3.05) is 0 Å². The minimum Gasteiger partial charge on any atom is -0.422 e. The molecule has 1 aliphatic rings. The van der Waals surface area contributed by atoms with Crippen LogP contribution in [0.5, 0.6) is 0 Å². The average molecular weight is 266 g/mol. The SMILES string of the molecule is CC(=O)OC1=Cc2cc3ccccc3cc2C(=O)C1=O. The molecule has 0 heterocycles. The molecule has 0 aromatic heterocycles. The lowest BCUT2D eigenvalue weighted by atomic mass is 9.91. The first-order valence-electron chi connectivity index (χ1n) is 6.08. The average Bonchev–Trinajstić information content (AvgIpc) is 2.42. The summed E-state index contributed by atoms with van der Waals surface area (Å²) in [6.07, 6.45) is 1.44. The first kappa shape index (κ1) is 12.3. The highest BCUT2D eigenvalue weighted by atomic mass is 16.5. The van der Waals surface area contributed by atoms with Crippen LogP contribution in [0.3, 0.4) is 0 Å². The Balaban J connectivity index is 2.22. The van der Waals surface area contributed by atoms with Crippen molar-refractivity contribution in [2.24, 2.45) is 0 Å². The number of ketones is 2. The zero-order valence-corrected chi connectivity index (χ0v) is 10.7. The molecule has 0 N–H and O–H groups in total. The first-order valence-corrected chi connectivity index (χ1v) is 6.08. The van der Waals surface area contributed by atoms with E-state index in [1.54, 1.807) is 12.1 Å². The monoisotopic (exact) mass is 266 g/mol. The summed E-state index contributed by atoms with van der Waals surface area (Å²) in [5, 5.41) is 1.84. The normalized spacial score (nSPS) is 13.9. The maximum absolute atomic E-state index is 12.1. The summed E-state index contributed by atoms with van der Waals surface area (Å²) in [5.41, 5.74) is 0.925. The van der Waals surface area contributed by atoms with Crippen molar-refractivity contribution in [3.8, 4) is 0 Å². The fourth-order valence-electron chi connectivity index (χ4n) is 2.25. The lowest BCUT2D eigenvalue weighted by Crippen LogP contribution is -2.23. The van der Waals surface area contributed by atoms with Crippen LogP contribution in [0, 0.1) is 0 Å². The van der Waals surface area contributed by atoms with Crippen LogP contribution >= 0.6 is 0 Å². The van der Waals surface area contributed by atoms with E-state index in [1.807, 2.05) is 24.3 Å². The quantitative estimate of drug-likeness (QED) is 0.587. The Morgan fingerprint density at radius 2 is 1.65 bits per heavy atom. The third-order valence-electron chi connectivity index (χ3n) is 3.13. The molecular weight excluding hydrogens is 256 g/mol. The molecule has 4 nitrogen and oxygen atoms in total. The Bertz CT molecular complexity index is 799. The van der Waals surface area contributed by atoms with Crippen LogP contribution in [-0.4, -0.2) is 17.5 Å². The largest absolute Gasteiger partial charge is 0.422 e. The van der Waals surface area contributed by atoms with Crippen LogP contribution in [0.2, 0.25) is 0 Å². The molecule has 0 fully saturated rings. The molecule has 0 bridgehead atoms. The second-order valence-electron chi connectivity index (χ2n) is 4.55. The van der Waals surface area contributed by atoms with Gasteiger partial charge in [0.2, 0.25) is 5.78 Å². The number of benzene rings is 2. The number of fused-ring (bicyclic) bond motifs is 2. The van der Waals surface area contributed by atoms with Crippen LogP contribution in [-0.2, 0) is 14.3 Å². The summed E-state index contributed by atoms with van der Waals surface area (Å²) in [7, 11) is 0. The minimum absolute atomic E-state index is 0.217. The number of rotatable bonds is 1. The van der Waals surface area contributed by atoms with Crippen LogP contribution < -0.4 is 0 Å². The third kappa shape index (κ3) is 1.91. The van der Waals surface area contributed by atoms with Crippen molar-refractivity contribution in [1.29, 1.82) is 0 Å². The highest BCUT2D eigenvalue weighted by Crippen LogP contribution is 2.27. The van der Waals surface area contributed by atoms with E-state index in [1.165, 1.54) is 13.0 Å². The van der Waals surface area contributed by atoms with Gasteiger partial charge in [-0.05, 0) is 34.5 Å². The zero-order valence-electron chi connectivity index (χ0n) is 10.7. The Hall–Kier alpha value is -2.75. The van der Waals surface area contributed by atoms with E-state index in [0.29, 0.717) is 11.1 Å². The number of carbonyl (C=O) groups is 3. The van der Waals surface area contributed by atoms with E-state index in [0.717, 1.165) is 10.8 Å². The van der Waals surface area contributed by atoms with E-state index < -0.39 is 17.5 Å². The van der Waals surface area contributed by atoms with Crippen LogP contribution in [0.15, 0.2) is 42.2 Å². The number of esters is 1. The van der Waals surface area contributed by atoms with Crippen LogP contribution in [0.4, 0.5) is 0 Å². The Morgan fingerprint density at radius 1 is 1.00 bits per heavy atom. The molecule has 0 amide bonds. The van der Waals surface area contributed by atoms with Gasteiger partial charge in [0, 0.05) is 12.5 Å². The van der Waals surface area contributed by atoms with Crippen LogP contribution in [0.1, 0.15) is 22.8 Å². The minimum atomic E-state index is -0.789. The third-order valence-corrected chi connectivity index (χ3v) is 3.13. The Morgan fingerprint density at radius 3 is 2.30 bits per heavy atom. The van der Waals surface area contributed by atoms with E-state index in [4.69, 9.17) is 4.74 Å². The van der Waals surface area contributed by atoms with Gasteiger partial charge in [0.25, 0.3) is 5.78 Å². The number of carbonyl (C=O) groups excluding carboxylic acids is 3. The fraction of sp³-hybridized carbons (Fsp3) is 0.0625. The molecule has 1 aliphatic carbocycles. The van der Waals surface area contributed by atoms with E-state index >= 15 is 0 Å². The molecule has 98 valence electrons. The zero-order chi connectivity index (χ0) is 14.3. The van der Waals surface area contributed by atoms with Crippen molar-refractivity contribution in [1.82, 2.24) is 0 Å². The van der Waals surface area contributed by atoms with Crippen LogP contribution in [0.25, 0.3) is 16.8 Å². The first-order chi connectivity index (χ1) is 9.56. The molecular formula is C16H10O4. The molecule has 0 radical (unpaired) electrons. The number of ether oxygens (including phenoxy) is 1. The maximum Gasteiger partial charge on any atom is 0.308 e. The molecule has 0 unspecified atom stereocenters. The van der Waals surface area contributed by atoms with Gasteiger partial charge < -0.3 is 4.74 Å². The molecule has 0 atom stereocenters. The lowest BCUT2D eigenvalue weighted by Gasteiger charge is -2.14. The van der Waals surface area contributed by atoms with Gasteiger partial charge in [0.05, 0.1) is 0 Å². The van der Waals surface area contributed by atoms with Crippen molar-refractivity contribution in [3.05, 3.63) is 53.3 Å². The van der Waals surface area contributed by atoms with Crippen molar-refractivity contribution in [2.45, 2.75) is 6.92 Å². The summed E-state index contributed by atoms with van der Waals surface area (Å²) in [5.74, 6) is -2.28. The Kier molecular flexibility index (Phi) is 2.71. The summed E-state index contributed by atoms with van der Waals surface area (Å²) in [6.45, 7) is 1.19. The standard InChI is InChI=1S/C16H10O4/c1-9(17)20-14-8-12-6-10-4-2-3-5-11(10)7-13(12)15(18)16(14)19/h2-8H,1H3. The van der Waals surface area contributed by atoms with Gasteiger partial charge in [-0.3, -0.25) is 14.4 Å². The molecule has 2 aromatic carbocycles. The predicted octanol–water partition coefficient (Wildman–Crippen LogP) is 2.51. The molecule has 0 saturated heterocycles. The number of Topliss-reactive ketones (excluding diaryl/α,β-unsaturated/α-hetero) is 2. The lowest BCUT2D eigenvalue weighted by molar-refractivity contribution is -0.139.